The number of thioether (sulfide) groups is 1. The van der Waals surface area contributed by atoms with Gasteiger partial charge in [-0.1, -0.05) is 37.2 Å². The van der Waals surface area contributed by atoms with Crippen molar-refractivity contribution in [3.63, 3.8) is 0 Å². The van der Waals surface area contributed by atoms with E-state index in [1.165, 1.54) is 18.4 Å². The van der Waals surface area contributed by atoms with Crippen LogP contribution >= 0.6 is 11.8 Å². The van der Waals surface area contributed by atoms with E-state index in [-0.39, 0.29) is 10.1 Å². The predicted molar refractivity (Wildman–Crippen MR) is 118 cm³/mol. The van der Waals surface area contributed by atoms with Crippen LogP contribution in [0.25, 0.3) is 11.0 Å². The Kier molecular flexibility index (Phi) is 7.20. The van der Waals surface area contributed by atoms with Gasteiger partial charge in [0.1, 0.15) is 0 Å². The van der Waals surface area contributed by atoms with Gasteiger partial charge in [0.05, 0.1) is 21.2 Å². The van der Waals surface area contributed by atoms with Gasteiger partial charge in [-0.2, -0.15) is 4.98 Å². The number of hydrogen-bond donors (Lipinski definition) is 0. The van der Waals surface area contributed by atoms with E-state index in [9.17, 15) is 8.42 Å². The van der Waals surface area contributed by atoms with Crippen molar-refractivity contribution in [1.82, 2.24) is 24.0 Å². The third kappa shape index (κ3) is 4.70. The Morgan fingerprint density at radius 2 is 1.97 bits per heavy atom. The van der Waals surface area contributed by atoms with Gasteiger partial charge in [-0.25, -0.2) is 17.7 Å². The molecule has 1 aromatic carbocycles. The van der Waals surface area contributed by atoms with E-state index in [1.54, 1.807) is 23.9 Å². The number of sulfonamides is 1. The second-order valence-corrected chi connectivity index (χ2v) is 10.9. The first kappa shape index (κ1) is 22.8. The number of fused-ring (bicyclic) bond motifs is 1. The highest BCUT2D eigenvalue weighted by atomic mass is 32.2. The third-order valence-electron chi connectivity index (χ3n) is 4.79. The molecule has 0 saturated heterocycles. The van der Waals surface area contributed by atoms with Crippen molar-refractivity contribution >= 4 is 32.8 Å². The normalized spacial score (nSPS) is 13.4. The van der Waals surface area contributed by atoms with Gasteiger partial charge in [0.2, 0.25) is 15.9 Å². The van der Waals surface area contributed by atoms with Crippen molar-refractivity contribution in [2.45, 2.75) is 68.3 Å². The number of aromatic nitrogens is 4. The number of hydrogen-bond acceptors (Lipinski definition) is 7. The fourth-order valence-corrected chi connectivity index (χ4v) is 4.95. The van der Waals surface area contributed by atoms with Crippen molar-refractivity contribution in [2.75, 3.05) is 14.1 Å². The van der Waals surface area contributed by atoms with E-state index in [1.807, 2.05) is 13.0 Å². The summed E-state index contributed by atoms with van der Waals surface area (Å²) in [4.78, 5) is 9.49. The number of benzene rings is 1. The highest BCUT2D eigenvalue weighted by Gasteiger charge is 2.22. The molecule has 3 rings (SSSR count). The van der Waals surface area contributed by atoms with E-state index >= 15 is 0 Å². The Morgan fingerprint density at radius 3 is 2.63 bits per heavy atom. The minimum Gasteiger partial charge on any atom is -0.338 e. The largest absolute Gasteiger partial charge is 0.338 e. The van der Waals surface area contributed by atoms with Crippen LogP contribution in [0.5, 0.6) is 0 Å². The minimum absolute atomic E-state index is 0.0646. The van der Waals surface area contributed by atoms with Gasteiger partial charge in [-0.05, 0) is 38.0 Å². The van der Waals surface area contributed by atoms with Crippen LogP contribution in [0.3, 0.4) is 0 Å². The van der Waals surface area contributed by atoms with Crippen molar-refractivity contribution in [2.24, 2.45) is 0 Å². The average Bonchev–Trinajstić information content (AvgIpc) is 3.30. The van der Waals surface area contributed by atoms with Crippen molar-refractivity contribution in [3.8, 4) is 0 Å². The highest BCUT2D eigenvalue weighted by Crippen LogP contribution is 2.36. The molecule has 2 heterocycles. The maximum Gasteiger partial charge on any atom is 0.242 e. The molecular weight excluding hydrogens is 422 g/mol. The van der Waals surface area contributed by atoms with Gasteiger partial charge in [-0.15, -0.1) is 0 Å². The van der Waals surface area contributed by atoms with E-state index in [0.29, 0.717) is 11.4 Å². The summed E-state index contributed by atoms with van der Waals surface area (Å²) in [6.07, 6.45) is 3.81. The maximum absolute atomic E-state index is 12.5. The molecule has 0 amide bonds. The molecule has 10 heteroatoms. The molecule has 1 atom stereocenters. The molecule has 0 aliphatic carbocycles. The van der Waals surface area contributed by atoms with E-state index in [2.05, 4.69) is 28.6 Å². The van der Waals surface area contributed by atoms with Crippen LogP contribution < -0.4 is 0 Å². The molecule has 2 aromatic heterocycles. The fourth-order valence-electron chi connectivity index (χ4n) is 3.05. The number of imidazole rings is 1. The maximum atomic E-state index is 12.5. The van der Waals surface area contributed by atoms with Gasteiger partial charge >= 0.3 is 0 Å². The number of nitrogens with zero attached hydrogens (tertiary/aromatic N) is 5. The lowest BCUT2D eigenvalue weighted by Gasteiger charge is -2.12. The Hall–Kier alpha value is -1.91. The van der Waals surface area contributed by atoms with Gasteiger partial charge in [0.25, 0.3) is 0 Å². The summed E-state index contributed by atoms with van der Waals surface area (Å²) >= 11 is 1.55. The lowest BCUT2D eigenvalue weighted by atomic mass is 10.3. The zero-order valence-electron chi connectivity index (χ0n) is 18.1. The van der Waals surface area contributed by atoms with Crippen LogP contribution in [-0.4, -0.2) is 46.5 Å². The Morgan fingerprint density at radius 1 is 1.20 bits per heavy atom. The zero-order valence-corrected chi connectivity index (χ0v) is 19.8. The summed E-state index contributed by atoms with van der Waals surface area (Å²) in [5, 5.41) is 4.80. The van der Waals surface area contributed by atoms with Gasteiger partial charge in [0, 0.05) is 27.1 Å². The molecule has 0 N–H and O–H groups in total. The lowest BCUT2D eigenvalue weighted by Crippen LogP contribution is -2.22. The Labute approximate surface area is 182 Å². The molecule has 0 aliphatic rings. The zero-order chi connectivity index (χ0) is 21.9. The van der Waals surface area contributed by atoms with Crippen LogP contribution in [-0.2, 0) is 23.0 Å². The van der Waals surface area contributed by atoms with Crippen molar-refractivity contribution < 1.29 is 12.9 Å². The summed E-state index contributed by atoms with van der Waals surface area (Å²) < 4.78 is 33.8. The Balaban J connectivity index is 1.97. The summed E-state index contributed by atoms with van der Waals surface area (Å²) in [7, 11) is -0.459. The fraction of sp³-hybridized carbons (Fsp3) is 0.550. The molecule has 8 nitrogen and oxygen atoms in total. The molecular formula is C20H29N5O3S2. The molecule has 3 aromatic rings. The molecule has 0 bridgehead atoms. The van der Waals surface area contributed by atoms with Crippen LogP contribution in [0.15, 0.2) is 32.8 Å². The minimum atomic E-state index is -3.51. The first-order valence-corrected chi connectivity index (χ1v) is 12.5. The second kappa shape index (κ2) is 9.49. The van der Waals surface area contributed by atoms with E-state index < -0.39 is 10.0 Å². The molecule has 0 aliphatic heterocycles. The van der Waals surface area contributed by atoms with Gasteiger partial charge in [-0.3, -0.25) is 0 Å². The second-order valence-electron chi connectivity index (χ2n) is 7.40. The van der Waals surface area contributed by atoms with Gasteiger partial charge in [0.15, 0.2) is 11.0 Å². The van der Waals surface area contributed by atoms with Crippen LogP contribution in [0, 0.1) is 0 Å². The quantitative estimate of drug-likeness (QED) is 0.425. The summed E-state index contributed by atoms with van der Waals surface area (Å²) in [5.41, 5.74) is 1.59. The molecule has 0 radical (unpaired) electrons. The van der Waals surface area contributed by atoms with Gasteiger partial charge < -0.3 is 9.09 Å². The highest BCUT2D eigenvalue weighted by molar-refractivity contribution is 7.99. The predicted octanol–water partition coefficient (Wildman–Crippen LogP) is 4.28. The smallest absolute Gasteiger partial charge is 0.242 e. The van der Waals surface area contributed by atoms with Crippen LogP contribution in [0.1, 0.15) is 57.0 Å². The first-order valence-electron chi connectivity index (χ1n) is 10.2. The van der Waals surface area contributed by atoms with Crippen LogP contribution in [0.2, 0.25) is 0 Å². The van der Waals surface area contributed by atoms with Crippen molar-refractivity contribution in [3.05, 3.63) is 29.9 Å². The molecule has 0 saturated carbocycles. The van der Waals surface area contributed by atoms with E-state index in [4.69, 9.17) is 9.51 Å². The third-order valence-corrected chi connectivity index (χ3v) is 7.67. The standard InChI is InChI=1S/C20H29N5O3S2/c1-6-8-12-25-17-11-10-15(30(26,27)24(4)5)13-16(17)21-20(25)29-14(3)19-22-18(9-7-2)23-28-19/h10-11,13-14H,6-9,12H2,1-5H3. The van der Waals surface area contributed by atoms with Crippen molar-refractivity contribution in [1.29, 1.82) is 0 Å². The van der Waals surface area contributed by atoms with Crippen LogP contribution in [0.4, 0.5) is 0 Å². The SMILES string of the molecule is CCCCn1c(SC(C)c2nc(CCC)no2)nc2cc(S(=O)(=O)N(C)C)ccc21. The summed E-state index contributed by atoms with van der Waals surface area (Å²) in [5.74, 6) is 1.30. The number of unbranched alkanes of at least 4 members (excludes halogenated alkanes) is 1. The Bertz CT molecular complexity index is 1110. The monoisotopic (exact) mass is 451 g/mol. The molecule has 0 spiro atoms. The summed E-state index contributed by atoms with van der Waals surface area (Å²) in [6.45, 7) is 7.05. The molecule has 1 unspecified atom stereocenters. The molecule has 164 valence electrons. The number of rotatable bonds is 10. The first-order chi connectivity index (χ1) is 14.3. The summed E-state index contributed by atoms with van der Waals surface area (Å²) in [6, 6.07) is 5.14. The van der Waals surface area contributed by atoms with E-state index in [0.717, 1.165) is 48.7 Å². The molecule has 30 heavy (non-hydrogen) atoms. The average molecular weight is 452 g/mol. The lowest BCUT2D eigenvalue weighted by molar-refractivity contribution is 0.374. The molecule has 0 fully saturated rings. The topological polar surface area (TPSA) is 94.1 Å². The number of aryl methyl sites for hydroxylation is 2.